The van der Waals surface area contributed by atoms with Gasteiger partial charge < -0.3 is 5.11 Å². The molecule has 0 heterocycles. The van der Waals surface area contributed by atoms with Crippen LogP contribution in [0.4, 0.5) is 0 Å². The molecule has 0 spiro atoms. The Bertz CT molecular complexity index is 557. The third-order valence-corrected chi connectivity index (χ3v) is 4.55. The molecular weight excluding hydrogens is 381 g/mol. The maximum atomic E-state index is 12.1. The average Bonchev–Trinajstić information content (AvgIpc) is 2.27. The number of hydrogen-bond donors (Lipinski definition) is 2. The Morgan fingerprint density at radius 3 is 2.53 bits per heavy atom. The molecule has 106 valence electrons. The minimum absolute atomic E-state index is 0.0782. The third kappa shape index (κ3) is 5.07. The molecule has 1 atom stereocenters. The number of benzene rings is 1. The van der Waals surface area contributed by atoms with Crippen LogP contribution >= 0.6 is 22.6 Å². The number of carboxylic acids is 1. The van der Waals surface area contributed by atoms with E-state index in [2.05, 4.69) is 4.72 Å². The topological polar surface area (TPSA) is 83.5 Å². The highest BCUT2D eigenvalue weighted by Crippen LogP contribution is 2.15. The van der Waals surface area contributed by atoms with E-state index in [1.165, 1.54) is 12.1 Å². The minimum Gasteiger partial charge on any atom is -0.480 e. The Hall–Kier alpha value is -0.670. The van der Waals surface area contributed by atoms with Gasteiger partial charge in [0, 0.05) is 3.57 Å². The summed E-state index contributed by atoms with van der Waals surface area (Å²) in [6.07, 6.45) is 0.249. The van der Waals surface area contributed by atoms with Gasteiger partial charge in [-0.25, -0.2) is 8.42 Å². The molecule has 1 aromatic carbocycles. The lowest BCUT2D eigenvalue weighted by atomic mass is 10.1. The van der Waals surface area contributed by atoms with Crippen molar-refractivity contribution in [1.29, 1.82) is 0 Å². The van der Waals surface area contributed by atoms with Crippen molar-refractivity contribution in [3.05, 3.63) is 27.8 Å². The van der Waals surface area contributed by atoms with Crippen molar-refractivity contribution in [2.75, 3.05) is 0 Å². The summed E-state index contributed by atoms with van der Waals surface area (Å²) in [6.45, 7) is 3.69. The molecular formula is C12H16INO4S. The van der Waals surface area contributed by atoms with Crippen LogP contribution in [0.5, 0.6) is 0 Å². The van der Waals surface area contributed by atoms with Gasteiger partial charge in [-0.05, 0) is 53.1 Å². The van der Waals surface area contributed by atoms with Crippen LogP contribution < -0.4 is 4.72 Å². The highest BCUT2D eigenvalue weighted by atomic mass is 127. The Morgan fingerprint density at radius 1 is 1.42 bits per heavy atom. The lowest BCUT2D eigenvalue weighted by Gasteiger charge is -2.16. The van der Waals surface area contributed by atoms with Crippen molar-refractivity contribution in [1.82, 2.24) is 4.72 Å². The summed E-state index contributed by atoms with van der Waals surface area (Å²) in [7, 11) is -3.81. The number of carboxylic acid groups (broad SMARTS) is 1. The lowest BCUT2D eigenvalue weighted by Crippen LogP contribution is -2.41. The minimum atomic E-state index is -3.81. The Balaban J connectivity index is 2.97. The lowest BCUT2D eigenvalue weighted by molar-refractivity contribution is -0.139. The molecule has 0 aliphatic carbocycles. The average molecular weight is 397 g/mol. The van der Waals surface area contributed by atoms with Crippen LogP contribution in [-0.4, -0.2) is 25.5 Å². The van der Waals surface area contributed by atoms with E-state index in [0.29, 0.717) is 0 Å². The van der Waals surface area contributed by atoms with Gasteiger partial charge in [0.15, 0.2) is 0 Å². The molecule has 1 aromatic rings. The largest absolute Gasteiger partial charge is 0.480 e. The second-order valence-corrected chi connectivity index (χ2v) is 7.56. The molecule has 0 aliphatic heterocycles. The predicted octanol–water partition coefficient (Wildman–Crippen LogP) is 2.07. The predicted molar refractivity (Wildman–Crippen MR) is 80.4 cm³/mol. The van der Waals surface area contributed by atoms with Gasteiger partial charge in [0.2, 0.25) is 10.0 Å². The Labute approximate surface area is 126 Å². The quantitative estimate of drug-likeness (QED) is 0.720. The first-order chi connectivity index (χ1) is 8.72. The molecule has 0 saturated carbocycles. The summed E-state index contributed by atoms with van der Waals surface area (Å²) in [5.41, 5.74) is 0. The van der Waals surface area contributed by atoms with E-state index in [1.807, 2.05) is 36.4 Å². The Kier molecular flexibility index (Phi) is 5.75. The maximum Gasteiger partial charge on any atom is 0.321 e. The zero-order valence-electron chi connectivity index (χ0n) is 10.6. The molecule has 19 heavy (non-hydrogen) atoms. The number of sulfonamides is 1. The first kappa shape index (κ1) is 16.4. The van der Waals surface area contributed by atoms with E-state index in [-0.39, 0.29) is 17.2 Å². The summed E-state index contributed by atoms with van der Waals surface area (Å²) >= 11 is 2.00. The molecule has 0 aliphatic rings. The summed E-state index contributed by atoms with van der Waals surface area (Å²) in [6, 6.07) is 5.22. The van der Waals surface area contributed by atoms with Gasteiger partial charge in [-0.15, -0.1) is 0 Å². The number of nitrogens with one attached hydrogen (secondary N) is 1. The van der Waals surface area contributed by atoms with Crippen LogP contribution in [0, 0.1) is 9.49 Å². The molecule has 0 amide bonds. The van der Waals surface area contributed by atoms with Gasteiger partial charge in [0.05, 0.1) is 4.90 Å². The zero-order chi connectivity index (χ0) is 14.6. The van der Waals surface area contributed by atoms with E-state index in [0.717, 1.165) is 3.57 Å². The van der Waals surface area contributed by atoms with Crippen LogP contribution in [0.25, 0.3) is 0 Å². The van der Waals surface area contributed by atoms with Crippen LogP contribution in [0.15, 0.2) is 29.2 Å². The molecule has 0 radical (unpaired) electrons. The zero-order valence-corrected chi connectivity index (χ0v) is 13.6. The monoisotopic (exact) mass is 397 g/mol. The first-order valence-corrected chi connectivity index (χ1v) is 8.29. The smallest absolute Gasteiger partial charge is 0.321 e. The number of aliphatic carboxylic acids is 1. The fourth-order valence-corrected chi connectivity index (χ4v) is 3.56. The summed E-state index contributed by atoms with van der Waals surface area (Å²) in [5, 5.41) is 9.06. The van der Waals surface area contributed by atoms with Gasteiger partial charge in [-0.2, -0.15) is 4.72 Å². The fraction of sp³-hybridized carbons (Fsp3) is 0.417. The van der Waals surface area contributed by atoms with Crippen molar-refractivity contribution >= 4 is 38.6 Å². The Morgan fingerprint density at radius 2 is 2.05 bits per heavy atom. The number of halogens is 1. The van der Waals surface area contributed by atoms with E-state index in [1.54, 1.807) is 12.1 Å². The summed E-state index contributed by atoms with van der Waals surface area (Å²) in [5.74, 6) is -1.08. The second-order valence-electron chi connectivity index (χ2n) is 4.60. The van der Waals surface area contributed by atoms with Crippen molar-refractivity contribution in [2.24, 2.45) is 5.92 Å². The van der Waals surface area contributed by atoms with Gasteiger partial charge in [-0.3, -0.25) is 4.79 Å². The highest BCUT2D eigenvalue weighted by Gasteiger charge is 2.26. The summed E-state index contributed by atoms with van der Waals surface area (Å²) in [4.78, 5) is 11.2. The van der Waals surface area contributed by atoms with Crippen LogP contribution in [0.1, 0.15) is 20.3 Å². The van der Waals surface area contributed by atoms with Gasteiger partial charge >= 0.3 is 5.97 Å². The van der Waals surface area contributed by atoms with E-state index >= 15 is 0 Å². The SMILES string of the molecule is CC(C)C[C@@H](NS(=O)(=O)c1cccc(I)c1)C(=O)O. The van der Waals surface area contributed by atoms with E-state index in [4.69, 9.17) is 5.11 Å². The molecule has 0 fully saturated rings. The molecule has 0 bridgehead atoms. The molecule has 5 nitrogen and oxygen atoms in total. The van der Waals surface area contributed by atoms with Crippen molar-refractivity contribution in [3.63, 3.8) is 0 Å². The molecule has 0 saturated heterocycles. The van der Waals surface area contributed by atoms with Crippen LogP contribution in [0.2, 0.25) is 0 Å². The van der Waals surface area contributed by atoms with Gasteiger partial charge in [0.1, 0.15) is 6.04 Å². The van der Waals surface area contributed by atoms with Crippen molar-refractivity contribution in [2.45, 2.75) is 31.2 Å². The summed E-state index contributed by atoms with van der Waals surface area (Å²) < 4.78 is 27.2. The van der Waals surface area contributed by atoms with Crippen LogP contribution in [-0.2, 0) is 14.8 Å². The molecule has 0 unspecified atom stereocenters. The van der Waals surface area contributed by atoms with Crippen molar-refractivity contribution < 1.29 is 18.3 Å². The number of hydrogen-bond acceptors (Lipinski definition) is 3. The normalized spacial score (nSPS) is 13.5. The van der Waals surface area contributed by atoms with E-state index < -0.39 is 22.0 Å². The molecule has 1 rings (SSSR count). The molecule has 2 N–H and O–H groups in total. The third-order valence-electron chi connectivity index (χ3n) is 2.41. The fourth-order valence-electron chi connectivity index (χ4n) is 1.56. The van der Waals surface area contributed by atoms with E-state index in [9.17, 15) is 13.2 Å². The number of rotatable bonds is 6. The molecule has 0 aromatic heterocycles. The van der Waals surface area contributed by atoms with Crippen LogP contribution in [0.3, 0.4) is 0 Å². The van der Waals surface area contributed by atoms with Gasteiger partial charge in [0.25, 0.3) is 0 Å². The molecule has 7 heteroatoms. The highest BCUT2D eigenvalue weighted by molar-refractivity contribution is 14.1. The number of carbonyl (C=O) groups is 1. The van der Waals surface area contributed by atoms with Gasteiger partial charge in [-0.1, -0.05) is 19.9 Å². The second kappa shape index (κ2) is 6.67. The standard InChI is InChI=1S/C12H16INO4S/c1-8(2)6-11(12(15)16)14-19(17,18)10-5-3-4-9(13)7-10/h3-5,7-8,11,14H,6H2,1-2H3,(H,15,16)/t11-/m1/s1. The first-order valence-electron chi connectivity index (χ1n) is 5.73. The van der Waals surface area contributed by atoms with Crippen molar-refractivity contribution in [3.8, 4) is 0 Å². The maximum absolute atomic E-state index is 12.1.